The highest BCUT2D eigenvalue weighted by molar-refractivity contribution is 6.00. The molecule has 0 saturated carbocycles. The Morgan fingerprint density at radius 1 is 1.05 bits per heavy atom. The molecule has 1 fully saturated rings. The molecule has 0 spiro atoms. The quantitative estimate of drug-likeness (QED) is 0.395. The van der Waals surface area contributed by atoms with Crippen LogP contribution >= 0.6 is 0 Å². The summed E-state index contributed by atoms with van der Waals surface area (Å²) >= 11 is 0. The van der Waals surface area contributed by atoms with Crippen molar-refractivity contribution in [3.63, 3.8) is 0 Å². The van der Waals surface area contributed by atoms with Gasteiger partial charge in [0.15, 0.2) is 0 Å². The van der Waals surface area contributed by atoms with E-state index in [0.717, 1.165) is 0 Å². The molecule has 1 saturated heterocycles. The van der Waals surface area contributed by atoms with E-state index in [2.05, 4.69) is 10.4 Å². The first-order valence-corrected chi connectivity index (χ1v) is 12.4. The summed E-state index contributed by atoms with van der Waals surface area (Å²) in [7, 11) is 1.63. The van der Waals surface area contributed by atoms with Gasteiger partial charge in [-0.15, -0.1) is 0 Å². The Kier molecular flexibility index (Phi) is 7.62. The van der Waals surface area contributed by atoms with Gasteiger partial charge in [-0.3, -0.25) is 14.4 Å². The van der Waals surface area contributed by atoms with Gasteiger partial charge in [0.25, 0.3) is 5.91 Å². The first-order chi connectivity index (χ1) is 18.5. The van der Waals surface area contributed by atoms with Crippen LogP contribution in [-0.4, -0.2) is 38.1 Å². The van der Waals surface area contributed by atoms with E-state index in [-0.39, 0.29) is 19.3 Å². The predicted molar refractivity (Wildman–Crippen MR) is 144 cm³/mol. The van der Waals surface area contributed by atoms with Gasteiger partial charge in [-0.2, -0.15) is 13.9 Å². The summed E-state index contributed by atoms with van der Waals surface area (Å²) in [6.07, 6.45) is 3.04. The molecule has 0 bridgehead atoms. The minimum Gasteiger partial charge on any atom is -0.345 e. The van der Waals surface area contributed by atoms with Crippen molar-refractivity contribution >= 4 is 28.4 Å². The number of aryl methyl sites for hydroxylation is 1. The molecule has 0 aliphatic carbocycles. The van der Waals surface area contributed by atoms with Crippen molar-refractivity contribution in [2.45, 2.75) is 45.2 Å². The Morgan fingerprint density at radius 3 is 2.36 bits per heavy atom. The van der Waals surface area contributed by atoms with Crippen molar-refractivity contribution in [3.8, 4) is 5.69 Å². The number of pyridine rings is 1. The van der Waals surface area contributed by atoms with Crippen LogP contribution in [0.25, 0.3) is 16.6 Å². The van der Waals surface area contributed by atoms with Gasteiger partial charge in [-0.25, -0.2) is 9.07 Å². The maximum Gasteiger partial charge on any atom is 0.321 e. The number of fused-ring (bicyclic) bond motifs is 1. The van der Waals surface area contributed by atoms with E-state index in [1.807, 2.05) is 13.8 Å². The number of aromatic nitrogens is 3. The van der Waals surface area contributed by atoms with Gasteiger partial charge >= 0.3 is 5.92 Å². The average molecular weight is 542 g/mol. The molecule has 0 unspecified atom stereocenters. The number of hydrogen-bond acceptors (Lipinski definition) is 4. The molecular weight excluding hydrogens is 511 g/mol. The van der Waals surface area contributed by atoms with Gasteiger partial charge in [-0.1, -0.05) is 26.0 Å². The van der Waals surface area contributed by atoms with E-state index < -0.39 is 29.7 Å². The van der Waals surface area contributed by atoms with Crippen molar-refractivity contribution < 1.29 is 24.2 Å². The maximum atomic E-state index is 13.6. The minimum atomic E-state index is -3.63. The fourth-order valence-electron chi connectivity index (χ4n) is 4.58. The Hall–Kier alpha value is -4.41. The second-order valence-electron chi connectivity index (χ2n) is 9.07. The smallest absolute Gasteiger partial charge is 0.321 e. The second-order valence-corrected chi connectivity index (χ2v) is 9.07. The minimum absolute atomic E-state index is 0. The number of rotatable bonds is 5. The topological polar surface area (TPSA) is 89.2 Å². The van der Waals surface area contributed by atoms with Crippen molar-refractivity contribution in [1.82, 2.24) is 19.7 Å². The summed E-state index contributed by atoms with van der Waals surface area (Å²) in [5, 5.41) is 7.39. The Morgan fingerprint density at radius 2 is 1.72 bits per heavy atom. The molecule has 8 nitrogen and oxygen atoms in total. The predicted octanol–water partition coefficient (Wildman–Crippen LogP) is 4.75. The monoisotopic (exact) mass is 541 g/mol. The van der Waals surface area contributed by atoms with Gasteiger partial charge in [0.05, 0.1) is 29.5 Å². The van der Waals surface area contributed by atoms with Gasteiger partial charge in [0.1, 0.15) is 5.82 Å². The number of nitrogens with one attached hydrogen (secondary N) is 1. The zero-order valence-electron chi connectivity index (χ0n) is 21.9. The van der Waals surface area contributed by atoms with Crippen molar-refractivity contribution in [2.75, 3.05) is 4.90 Å². The molecule has 2 amide bonds. The number of alkyl halides is 2. The number of hydrogen-bond donors (Lipinski definition) is 1. The van der Waals surface area contributed by atoms with E-state index in [1.54, 1.807) is 48.4 Å². The van der Waals surface area contributed by atoms with Crippen LogP contribution in [0.2, 0.25) is 0 Å². The molecule has 5 rings (SSSR count). The lowest BCUT2D eigenvalue weighted by Gasteiger charge is -2.29. The number of halogens is 3. The number of anilines is 1. The highest BCUT2D eigenvalue weighted by atomic mass is 19.3. The van der Waals surface area contributed by atoms with Crippen LogP contribution in [0.4, 0.5) is 18.9 Å². The molecule has 2 aromatic heterocycles. The van der Waals surface area contributed by atoms with Crippen LogP contribution in [0.5, 0.6) is 0 Å². The van der Waals surface area contributed by atoms with E-state index in [1.165, 1.54) is 39.8 Å². The molecule has 206 valence electrons. The third-order valence-corrected chi connectivity index (χ3v) is 6.39. The highest BCUT2D eigenvalue weighted by Crippen LogP contribution is 2.39. The van der Waals surface area contributed by atoms with Crippen molar-refractivity contribution in [2.24, 2.45) is 7.05 Å². The number of benzene rings is 2. The molecule has 1 N–H and O–H groups in total. The molecule has 0 radical (unpaired) electrons. The molecule has 2 atom stereocenters. The maximum absolute atomic E-state index is 13.6. The zero-order valence-corrected chi connectivity index (χ0v) is 21.9. The zero-order chi connectivity index (χ0) is 28.5. The number of carbonyl (C=O) groups excluding carboxylic acids is 2. The van der Waals surface area contributed by atoms with Crippen molar-refractivity contribution in [1.29, 1.82) is 0 Å². The lowest BCUT2D eigenvalue weighted by Crippen LogP contribution is -2.46. The molecule has 39 heavy (non-hydrogen) atoms. The number of carbonyl (C=O) groups is 2. The van der Waals surface area contributed by atoms with Crippen LogP contribution < -0.4 is 15.8 Å². The van der Waals surface area contributed by atoms with Gasteiger partial charge in [0, 0.05) is 45.2 Å². The molecule has 3 heterocycles. The summed E-state index contributed by atoms with van der Waals surface area (Å²) < 4.78 is 44.0. The molecule has 2 aromatic carbocycles. The summed E-state index contributed by atoms with van der Waals surface area (Å²) in [5.74, 6) is -6.00. The third kappa shape index (κ3) is 5.43. The Bertz CT molecular complexity index is 1580. The first-order valence-electron chi connectivity index (χ1n) is 12.4. The first kappa shape index (κ1) is 27.6. The second kappa shape index (κ2) is 10.8. The molecule has 11 heteroatoms. The van der Waals surface area contributed by atoms with Gasteiger partial charge in [0.2, 0.25) is 11.5 Å². The molecule has 4 aromatic rings. The van der Waals surface area contributed by atoms with Crippen LogP contribution in [0.15, 0.2) is 71.8 Å². The SMILES string of the molecule is CC.Cn1cc(-n2ncc3cc(N4C(=O)C[C@H](NC(=O)C(C)(F)F)[C@H]4c4ccc(F)cc4)ccc32)ccc1=O.[HH]. The number of amides is 2. The standard InChI is InChI=1S/C26H22F3N5O3.C2H6.H2/c1-26(28,29)25(37)31-20-12-23(36)33(24(20)15-3-5-17(27)6-4-15)18-7-9-21-16(11-18)13-30-34(21)19-8-10-22(35)32(2)14-19;1-2;/h3-11,13-14,20,24H,12H2,1-2H3,(H,31,37);1-2H3;1H/t20-,24+;;/m0../s1. The Labute approximate surface area is 224 Å². The Balaban J connectivity index is 0.00000144. The van der Waals surface area contributed by atoms with Gasteiger partial charge in [-0.05, 0) is 42.0 Å². The van der Waals surface area contributed by atoms with Crippen LogP contribution in [-0.2, 0) is 16.6 Å². The van der Waals surface area contributed by atoms with E-state index in [0.29, 0.717) is 34.8 Å². The van der Waals surface area contributed by atoms with Crippen molar-refractivity contribution in [3.05, 3.63) is 88.7 Å². The van der Waals surface area contributed by atoms with Crippen LogP contribution in [0.3, 0.4) is 0 Å². The van der Waals surface area contributed by atoms with E-state index in [4.69, 9.17) is 0 Å². The summed E-state index contributed by atoms with van der Waals surface area (Å²) in [6.45, 7) is 4.49. The third-order valence-electron chi connectivity index (χ3n) is 6.39. The molecule has 1 aliphatic heterocycles. The van der Waals surface area contributed by atoms with Crippen LogP contribution in [0, 0.1) is 5.82 Å². The number of nitrogens with zero attached hydrogens (tertiary/aromatic N) is 4. The highest BCUT2D eigenvalue weighted by Gasteiger charge is 2.45. The van der Waals surface area contributed by atoms with Crippen LogP contribution in [0.1, 0.15) is 40.2 Å². The van der Waals surface area contributed by atoms with E-state index >= 15 is 0 Å². The fraction of sp³-hybridized carbons (Fsp3) is 0.286. The summed E-state index contributed by atoms with van der Waals surface area (Å²) in [4.78, 5) is 38.4. The molecular formula is C28H30F3N5O3. The lowest BCUT2D eigenvalue weighted by atomic mass is 9.99. The normalized spacial score (nSPS) is 17.2. The van der Waals surface area contributed by atoms with Gasteiger partial charge < -0.3 is 14.8 Å². The fourth-order valence-corrected chi connectivity index (χ4v) is 4.58. The van der Waals surface area contributed by atoms with E-state index in [9.17, 15) is 27.6 Å². The summed E-state index contributed by atoms with van der Waals surface area (Å²) in [5.41, 5.74) is 2.16. The summed E-state index contributed by atoms with van der Waals surface area (Å²) in [6, 6.07) is 11.8. The lowest BCUT2D eigenvalue weighted by molar-refractivity contribution is -0.143. The average Bonchev–Trinajstić information content (AvgIpc) is 3.47. The molecule has 1 aliphatic rings. The largest absolute Gasteiger partial charge is 0.345 e.